The Morgan fingerprint density at radius 1 is 1.33 bits per heavy atom. The number of aryl methyl sites for hydroxylation is 1. The van der Waals surface area contributed by atoms with E-state index in [9.17, 15) is 4.79 Å². The van der Waals surface area contributed by atoms with Crippen molar-refractivity contribution in [1.82, 2.24) is 9.99 Å². The Kier molecular flexibility index (Phi) is 5.63. The largest absolute Gasteiger partial charge is 0.493 e. The molecule has 21 heavy (non-hydrogen) atoms. The van der Waals surface area contributed by atoms with Crippen molar-refractivity contribution in [3.05, 3.63) is 30.5 Å². The van der Waals surface area contributed by atoms with Crippen LogP contribution in [0.15, 0.2) is 30.5 Å². The summed E-state index contributed by atoms with van der Waals surface area (Å²) in [6.07, 6.45) is 5.32. The molecule has 0 fully saturated rings. The van der Waals surface area contributed by atoms with Crippen LogP contribution in [0.1, 0.15) is 32.6 Å². The number of carbonyl (C=O) groups excluding carboxylic acids is 1. The predicted octanol–water partition coefficient (Wildman–Crippen LogP) is 2.59. The number of hydrazine groups is 1. The lowest BCUT2D eigenvalue weighted by Gasteiger charge is -2.08. The lowest BCUT2D eigenvalue weighted by molar-refractivity contribution is -0.121. The molecule has 1 amide bonds. The molecule has 0 atom stereocenters. The van der Waals surface area contributed by atoms with Crippen LogP contribution in [0.25, 0.3) is 10.9 Å². The SMILES string of the molecule is CCCOc1cccc2c1ccn2CCCCC(=O)NN. The fourth-order valence-electron chi connectivity index (χ4n) is 2.37. The third-order valence-corrected chi connectivity index (χ3v) is 3.45. The van der Waals surface area contributed by atoms with E-state index in [0.717, 1.165) is 43.5 Å². The van der Waals surface area contributed by atoms with Crippen LogP contribution in [-0.2, 0) is 11.3 Å². The van der Waals surface area contributed by atoms with Gasteiger partial charge in [0.05, 0.1) is 12.1 Å². The van der Waals surface area contributed by atoms with Gasteiger partial charge in [0.15, 0.2) is 0 Å². The average molecular weight is 289 g/mol. The fourth-order valence-corrected chi connectivity index (χ4v) is 2.37. The number of nitrogens with one attached hydrogen (secondary N) is 1. The Hall–Kier alpha value is -2.01. The minimum Gasteiger partial charge on any atom is -0.493 e. The second-order valence-corrected chi connectivity index (χ2v) is 5.07. The molecule has 0 aliphatic carbocycles. The molecule has 3 N–H and O–H groups in total. The van der Waals surface area contributed by atoms with Crippen molar-refractivity contribution in [1.29, 1.82) is 0 Å². The predicted molar refractivity (Wildman–Crippen MR) is 83.9 cm³/mol. The Labute approximate surface area is 125 Å². The van der Waals surface area contributed by atoms with Crippen LogP contribution in [0.2, 0.25) is 0 Å². The summed E-state index contributed by atoms with van der Waals surface area (Å²) < 4.78 is 7.98. The molecule has 0 unspecified atom stereocenters. The first-order chi connectivity index (χ1) is 10.3. The molecule has 0 aliphatic heterocycles. The Morgan fingerprint density at radius 2 is 2.19 bits per heavy atom. The summed E-state index contributed by atoms with van der Waals surface area (Å²) >= 11 is 0. The van der Waals surface area contributed by atoms with E-state index in [1.807, 2.05) is 12.1 Å². The zero-order valence-electron chi connectivity index (χ0n) is 12.5. The number of ether oxygens (including phenoxy) is 1. The van der Waals surface area contributed by atoms with Gasteiger partial charge in [0.1, 0.15) is 5.75 Å². The molecule has 0 spiro atoms. The fraction of sp³-hybridized carbons (Fsp3) is 0.438. The first-order valence-corrected chi connectivity index (χ1v) is 7.46. The first-order valence-electron chi connectivity index (χ1n) is 7.46. The number of benzene rings is 1. The molecular formula is C16H23N3O2. The summed E-state index contributed by atoms with van der Waals surface area (Å²) in [7, 11) is 0. The Balaban J connectivity index is 1.99. The van der Waals surface area contributed by atoms with Crippen molar-refractivity contribution in [3.8, 4) is 5.75 Å². The van der Waals surface area contributed by atoms with Gasteiger partial charge in [-0.15, -0.1) is 0 Å². The van der Waals surface area contributed by atoms with Crippen LogP contribution in [0.3, 0.4) is 0 Å². The van der Waals surface area contributed by atoms with Gasteiger partial charge in [-0.3, -0.25) is 10.2 Å². The van der Waals surface area contributed by atoms with Crippen molar-refractivity contribution in [2.24, 2.45) is 5.84 Å². The quantitative estimate of drug-likeness (QED) is 0.340. The van der Waals surface area contributed by atoms with Gasteiger partial charge < -0.3 is 9.30 Å². The number of nitrogens with two attached hydrogens (primary N) is 1. The number of fused-ring (bicyclic) bond motifs is 1. The minimum absolute atomic E-state index is 0.109. The van der Waals surface area contributed by atoms with Gasteiger partial charge in [0, 0.05) is 24.5 Å². The van der Waals surface area contributed by atoms with Gasteiger partial charge in [0.2, 0.25) is 5.91 Å². The lowest BCUT2D eigenvalue weighted by atomic mass is 10.2. The summed E-state index contributed by atoms with van der Waals surface area (Å²) in [6, 6.07) is 8.22. The molecule has 1 aromatic carbocycles. The van der Waals surface area contributed by atoms with Gasteiger partial charge in [0.25, 0.3) is 0 Å². The van der Waals surface area contributed by atoms with Gasteiger partial charge in [-0.25, -0.2) is 5.84 Å². The van der Waals surface area contributed by atoms with E-state index in [1.54, 1.807) is 0 Å². The molecule has 5 nitrogen and oxygen atoms in total. The highest BCUT2D eigenvalue weighted by Gasteiger charge is 2.06. The molecule has 0 saturated heterocycles. The smallest absolute Gasteiger partial charge is 0.233 e. The summed E-state index contributed by atoms with van der Waals surface area (Å²) in [5.74, 6) is 5.89. The van der Waals surface area contributed by atoms with Crippen molar-refractivity contribution < 1.29 is 9.53 Å². The standard InChI is InChI=1S/C16H23N3O2/c1-2-12-21-15-7-5-6-14-13(15)9-11-19(14)10-4-3-8-16(20)18-17/h5-7,9,11H,2-4,8,10,12,17H2,1H3,(H,18,20). The monoisotopic (exact) mass is 289 g/mol. The van der Waals surface area contributed by atoms with E-state index in [2.05, 4.69) is 35.2 Å². The summed E-state index contributed by atoms with van der Waals surface area (Å²) in [5, 5.41) is 1.14. The highest BCUT2D eigenvalue weighted by atomic mass is 16.5. The second-order valence-electron chi connectivity index (χ2n) is 5.07. The van der Waals surface area contributed by atoms with E-state index >= 15 is 0 Å². The van der Waals surface area contributed by atoms with Crippen LogP contribution in [0.5, 0.6) is 5.75 Å². The van der Waals surface area contributed by atoms with Gasteiger partial charge in [-0.2, -0.15) is 0 Å². The van der Waals surface area contributed by atoms with Crippen molar-refractivity contribution in [3.63, 3.8) is 0 Å². The average Bonchev–Trinajstić information content (AvgIpc) is 2.93. The third-order valence-electron chi connectivity index (χ3n) is 3.45. The van der Waals surface area contributed by atoms with E-state index in [1.165, 1.54) is 5.52 Å². The maximum Gasteiger partial charge on any atom is 0.233 e. The number of carbonyl (C=O) groups is 1. The molecule has 1 aromatic heterocycles. The van der Waals surface area contributed by atoms with E-state index in [-0.39, 0.29) is 5.91 Å². The van der Waals surface area contributed by atoms with Gasteiger partial charge in [-0.05, 0) is 37.5 Å². The summed E-state index contributed by atoms with van der Waals surface area (Å²) in [6.45, 7) is 3.72. The third kappa shape index (κ3) is 3.98. The molecule has 5 heteroatoms. The van der Waals surface area contributed by atoms with E-state index < -0.39 is 0 Å². The summed E-state index contributed by atoms with van der Waals surface area (Å²) in [5.41, 5.74) is 3.33. The molecular weight excluding hydrogens is 266 g/mol. The molecule has 0 bridgehead atoms. The Morgan fingerprint density at radius 3 is 2.95 bits per heavy atom. The second kappa shape index (κ2) is 7.69. The van der Waals surface area contributed by atoms with Crippen LogP contribution in [0, 0.1) is 0 Å². The minimum atomic E-state index is -0.109. The summed E-state index contributed by atoms with van der Waals surface area (Å²) in [4.78, 5) is 11.1. The molecule has 2 rings (SSSR count). The highest BCUT2D eigenvalue weighted by molar-refractivity contribution is 5.86. The van der Waals surface area contributed by atoms with E-state index in [0.29, 0.717) is 6.42 Å². The number of aromatic nitrogens is 1. The van der Waals surface area contributed by atoms with Crippen molar-refractivity contribution in [2.45, 2.75) is 39.2 Å². The molecule has 0 saturated carbocycles. The van der Waals surface area contributed by atoms with Crippen LogP contribution in [0.4, 0.5) is 0 Å². The number of nitrogens with zero attached hydrogens (tertiary/aromatic N) is 1. The van der Waals surface area contributed by atoms with Crippen molar-refractivity contribution >= 4 is 16.8 Å². The molecule has 114 valence electrons. The topological polar surface area (TPSA) is 69.3 Å². The van der Waals surface area contributed by atoms with Gasteiger partial charge in [-0.1, -0.05) is 13.0 Å². The highest BCUT2D eigenvalue weighted by Crippen LogP contribution is 2.27. The number of amides is 1. The molecule has 2 aromatic rings. The first kappa shape index (κ1) is 15.4. The van der Waals surface area contributed by atoms with E-state index in [4.69, 9.17) is 10.6 Å². The normalized spacial score (nSPS) is 10.8. The lowest BCUT2D eigenvalue weighted by Crippen LogP contribution is -2.29. The maximum atomic E-state index is 11.1. The number of hydrogen-bond donors (Lipinski definition) is 2. The van der Waals surface area contributed by atoms with Crippen LogP contribution in [-0.4, -0.2) is 17.1 Å². The Bertz CT molecular complexity index is 592. The van der Waals surface area contributed by atoms with Gasteiger partial charge >= 0.3 is 0 Å². The van der Waals surface area contributed by atoms with Crippen LogP contribution < -0.4 is 16.0 Å². The van der Waals surface area contributed by atoms with Crippen LogP contribution >= 0.6 is 0 Å². The number of unbranched alkanes of at least 4 members (excludes halogenated alkanes) is 1. The molecule has 0 radical (unpaired) electrons. The van der Waals surface area contributed by atoms with Crippen molar-refractivity contribution in [2.75, 3.05) is 6.61 Å². The number of rotatable bonds is 8. The molecule has 1 heterocycles. The number of hydrogen-bond acceptors (Lipinski definition) is 3. The zero-order chi connectivity index (χ0) is 15.1. The molecule has 0 aliphatic rings. The maximum absolute atomic E-state index is 11.1. The zero-order valence-corrected chi connectivity index (χ0v) is 12.5.